The molecule has 1 fully saturated rings. The predicted molar refractivity (Wildman–Crippen MR) is 125 cm³/mol. The van der Waals surface area contributed by atoms with Crippen LogP contribution in [-0.2, 0) is 14.8 Å². The van der Waals surface area contributed by atoms with Crippen LogP contribution in [0, 0.1) is 0 Å². The van der Waals surface area contributed by atoms with E-state index in [4.69, 9.17) is 16.3 Å². The van der Waals surface area contributed by atoms with Gasteiger partial charge in [-0.2, -0.15) is 0 Å². The minimum atomic E-state index is -3.44. The largest absolute Gasteiger partial charge is 0.359 e. The number of hydrogen-bond donors (Lipinski definition) is 2. The standard InChI is InChI=1S/C22H19ClN4O5S/c23-19-8-5-17(12-20(19)26-22(29)16-2-1-9-24-13-16)25-21(28)15-3-6-18(7-4-15)27-14-32-10-11-33(27,30)31/h1-9,12-13H,10-11,14H2,(H,25,28)(H,26,29). The van der Waals surface area contributed by atoms with Crippen LogP contribution >= 0.6 is 11.6 Å². The number of carbonyl (C=O) groups is 2. The molecule has 2 aromatic carbocycles. The fraction of sp³-hybridized carbons (Fsp3) is 0.136. The van der Waals surface area contributed by atoms with Crippen molar-refractivity contribution in [2.75, 3.05) is 34.0 Å². The highest BCUT2D eigenvalue weighted by Crippen LogP contribution is 2.27. The zero-order chi connectivity index (χ0) is 23.4. The summed E-state index contributed by atoms with van der Waals surface area (Å²) in [4.78, 5) is 29.0. The third kappa shape index (κ3) is 5.30. The van der Waals surface area contributed by atoms with Gasteiger partial charge in [0, 0.05) is 23.6 Å². The third-order valence-corrected chi connectivity index (χ3v) is 6.84. The lowest BCUT2D eigenvalue weighted by Crippen LogP contribution is -2.41. The van der Waals surface area contributed by atoms with E-state index in [1.165, 1.54) is 18.3 Å². The number of halogens is 1. The van der Waals surface area contributed by atoms with E-state index < -0.39 is 15.9 Å². The van der Waals surface area contributed by atoms with Gasteiger partial charge in [-0.05, 0) is 54.6 Å². The highest BCUT2D eigenvalue weighted by atomic mass is 35.5. The molecule has 0 atom stereocenters. The molecule has 1 aliphatic heterocycles. The Morgan fingerprint density at radius 2 is 1.76 bits per heavy atom. The molecular formula is C22H19ClN4O5S. The maximum Gasteiger partial charge on any atom is 0.257 e. The molecule has 9 nitrogen and oxygen atoms in total. The first-order valence-corrected chi connectivity index (χ1v) is 11.8. The summed E-state index contributed by atoms with van der Waals surface area (Å²) in [5.41, 5.74) is 1.85. The second-order valence-corrected chi connectivity index (χ2v) is 9.51. The summed E-state index contributed by atoms with van der Waals surface area (Å²) in [5.74, 6) is -0.891. The Balaban J connectivity index is 1.46. The van der Waals surface area contributed by atoms with Crippen LogP contribution in [0.4, 0.5) is 17.1 Å². The van der Waals surface area contributed by atoms with E-state index >= 15 is 0 Å². The van der Waals surface area contributed by atoms with E-state index in [9.17, 15) is 18.0 Å². The third-order valence-electron chi connectivity index (χ3n) is 4.84. The molecule has 2 N–H and O–H groups in total. The summed E-state index contributed by atoms with van der Waals surface area (Å²) < 4.78 is 30.8. The van der Waals surface area contributed by atoms with Crippen molar-refractivity contribution < 1.29 is 22.7 Å². The molecule has 3 aromatic rings. The number of amides is 2. The first kappa shape index (κ1) is 22.7. The number of carbonyl (C=O) groups excluding carboxylic acids is 2. The molecule has 0 aliphatic carbocycles. The van der Waals surface area contributed by atoms with Crippen molar-refractivity contribution >= 4 is 50.5 Å². The molecule has 33 heavy (non-hydrogen) atoms. The predicted octanol–water partition coefficient (Wildman–Crippen LogP) is 3.36. The number of ether oxygens (including phenoxy) is 1. The number of nitrogens with zero attached hydrogens (tertiary/aromatic N) is 2. The van der Waals surface area contributed by atoms with Gasteiger partial charge >= 0.3 is 0 Å². The van der Waals surface area contributed by atoms with Gasteiger partial charge in [0.25, 0.3) is 11.8 Å². The lowest BCUT2D eigenvalue weighted by molar-refractivity contribution is 0.101. The van der Waals surface area contributed by atoms with Crippen molar-refractivity contribution in [1.82, 2.24) is 4.98 Å². The van der Waals surface area contributed by atoms with Gasteiger partial charge in [0.2, 0.25) is 10.0 Å². The average molecular weight is 487 g/mol. The molecule has 0 spiro atoms. The topological polar surface area (TPSA) is 118 Å². The van der Waals surface area contributed by atoms with Gasteiger partial charge in [-0.15, -0.1) is 0 Å². The molecule has 0 radical (unpaired) electrons. The summed E-state index contributed by atoms with van der Waals surface area (Å²) in [6, 6.07) is 14.1. The van der Waals surface area contributed by atoms with E-state index in [0.717, 1.165) is 4.31 Å². The van der Waals surface area contributed by atoms with Crippen molar-refractivity contribution in [3.8, 4) is 0 Å². The van der Waals surface area contributed by atoms with Crippen LogP contribution in [0.15, 0.2) is 67.0 Å². The van der Waals surface area contributed by atoms with Crippen LogP contribution in [0.3, 0.4) is 0 Å². The molecule has 1 saturated heterocycles. The first-order chi connectivity index (χ1) is 15.8. The average Bonchev–Trinajstić information content (AvgIpc) is 2.81. The molecule has 0 bridgehead atoms. The highest BCUT2D eigenvalue weighted by molar-refractivity contribution is 7.92. The highest BCUT2D eigenvalue weighted by Gasteiger charge is 2.26. The summed E-state index contributed by atoms with van der Waals surface area (Å²) in [5, 5.41) is 5.74. The van der Waals surface area contributed by atoms with Crippen LogP contribution in [0.2, 0.25) is 5.02 Å². The van der Waals surface area contributed by atoms with Gasteiger partial charge in [0.15, 0.2) is 0 Å². The van der Waals surface area contributed by atoms with Crippen molar-refractivity contribution in [2.24, 2.45) is 0 Å². The van der Waals surface area contributed by atoms with E-state index in [2.05, 4.69) is 15.6 Å². The van der Waals surface area contributed by atoms with Crippen molar-refractivity contribution in [3.05, 3.63) is 83.1 Å². The maximum absolute atomic E-state index is 12.7. The summed E-state index contributed by atoms with van der Waals surface area (Å²) in [6.07, 6.45) is 2.99. The molecule has 170 valence electrons. The maximum atomic E-state index is 12.7. The second kappa shape index (κ2) is 9.57. The number of hydrogen-bond acceptors (Lipinski definition) is 6. The lowest BCUT2D eigenvalue weighted by Gasteiger charge is -2.28. The Bertz CT molecular complexity index is 1280. The number of anilines is 3. The van der Waals surface area contributed by atoms with Crippen LogP contribution in [0.1, 0.15) is 20.7 Å². The molecule has 4 rings (SSSR count). The number of benzene rings is 2. The number of aromatic nitrogens is 1. The van der Waals surface area contributed by atoms with Crippen molar-refractivity contribution in [2.45, 2.75) is 0 Å². The molecule has 0 saturated carbocycles. The van der Waals surface area contributed by atoms with Crippen LogP contribution in [0.25, 0.3) is 0 Å². The SMILES string of the molecule is O=C(Nc1ccc(Cl)c(NC(=O)c2cccnc2)c1)c1ccc(N2COCCS2(=O)=O)cc1. The zero-order valence-corrected chi connectivity index (χ0v) is 18.8. The molecule has 0 unspecified atom stereocenters. The Labute approximate surface area is 195 Å². The number of sulfonamides is 1. The molecule has 2 heterocycles. The second-order valence-electron chi connectivity index (χ2n) is 7.09. The van der Waals surface area contributed by atoms with E-state index in [1.807, 2.05) is 0 Å². The van der Waals surface area contributed by atoms with Gasteiger partial charge in [0.1, 0.15) is 6.73 Å². The summed E-state index contributed by atoms with van der Waals surface area (Å²) in [7, 11) is -3.44. The molecule has 2 amide bonds. The Kier molecular flexibility index (Phi) is 6.59. The van der Waals surface area contributed by atoms with Gasteiger partial charge in [-0.1, -0.05) is 11.6 Å². The zero-order valence-electron chi connectivity index (χ0n) is 17.2. The number of rotatable bonds is 5. The Morgan fingerprint density at radius 3 is 2.45 bits per heavy atom. The van der Waals surface area contributed by atoms with Gasteiger partial charge in [-0.3, -0.25) is 14.6 Å². The van der Waals surface area contributed by atoms with Gasteiger partial charge < -0.3 is 15.4 Å². The summed E-state index contributed by atoms with van der Waals surface area (Å²) in [6.45, 7) is 0.0945. The van der Waals surface area contributed by atoms with Gasteiger partial charge in [-0.25, -0.2) is 12.7 Å². The Morgan fingerprint density at radius 1 is 1.00 bits per heavy atom. The normalized spacial score (nSPS) is 15.0. The van der Waals surface area contributed by atoms with Crippen LogP contribution in [0.5, 0.6) is 0 Å². The number of pyridine rings is 1. The molecule has 1 aliphatic rings. The Hall–Kier alpha value is -3.47. The number of nitrogens with one attached hydrogen (secondary N) is 2. The lowest BCUT2D eigenvalue weighted by atomic mass is 10.2. The molecule has 11 heteroatoms. The van der Waals surface area contributed by atoms with Crippen LogP contribution < -0.4 is 14.9 Å². The fourth-order valence-electron chi connectivity index (χ4n) is 3.11. The van der Waals surface area contributed by atoms with E-state index in [-0.39, 0.29) is 25.0 Å². The van der Waals surface area contributed by atoms with Crippen LogP contribution in [-0.4, -0.2) is 44.3 Å². The monoisotopic (exact) mass is 486 g/mol. The minimum absolute atomic E-state index is 0.0633. The first-order valence-electron chi connectivity index (χ1n) is 9.84. The molecular weight excluding hydrogens is 468 g/mol. The fourth-order valence-corrected chi connectivity index (χ4v) is 4.50. The van der Waals surface area contributed by atoms with Crippen molar-refractivity contribution in [1.29, 1.82) is 0 Å². The minimum Gasteiger partial charge on any atom is -0.359 e. The summed E-state index contributed by atoms with van der Waals surface area (Å²) >= 11 is 6.19. The van der Waals surface area contributed by atoms with E-state index in [0.29, 0.717) is 33.2 Å². The van der Waals surface area contributed by atoms with Crippen molar-refractivity contribution in [3.63, 3.8) is 0 Å². The van der Waals surface area contributed by atoms with Gasteiger partial charge in [0.05, 0.1) is 34.3 Å². The molecule has 1 aromatic heterocycles. The quantitative estimate of drug-likeness (QED) is 0.571. The van der Waals surface area contributed by atoms with E-state index in [1.54, 1.807) is 48.7 Å². The smallest absolute Gasteiger partial charge is 0.257 e.